The second-order valence-corrected chi connectivity index (χ2v) is 7.00. The maximum absolute atomic E-state index is 5.88. The Labute approximate surface area is 147 Å². The minimum absolute atomic E-state index is 0.530. The molecule has 3 heterocycles. The minimum Gasteiger partial charge on any atom is -0.415 e. The number of nitrogens with zero attached hydrogens (tertiary/aromatic N) is 3. The molecule has 0 aliphatic heterocycles. The predicted octanol–water partition coefficient (Wildman–Crippen LogP) is 5.47. The molecule has 0 aliphatic carbocycles. The molecule has 4 nitrogen and oxygen atoms in total. The van der Waals surface area contributed by atoms with Gasteiger partial charge in [0.2, 0.25) is 5.89 Å². The molecule has 5 aromatic rings. The minimum atomic E-state index is 0.530. The van der Waals surface area contributed by atoms with Crippen molar-refractivity contribution in [2.75, 3.05) is 0 Å². The van der Waals surface area contributed by atoms with Gasteiger partial charge in [-0.25, -0.2) is 4.98 Å². The van der Waals surface area contributed by atoms with E-state index in [0.29, 0.717) is 11.8 Å². The lowest BCUT2D eigenvalue weighted by Crippen LogP contribution is -1.77. The lowest BCUT2D eigenvalue weighted by molar-refractivity contribution is 0.586. The third-order valence-corrected chi connectivity index (χ3v) is 5.18. The van der Waals surface area contributed by atoms with Gasteiger partial charge in [-0.05, 0) is 37.3 Å². The summed E-state index contributed by atoms with van der Waals surface area (Å²) in [4.78, 5) is 6.64. The van der Waals surface area contributed by atoms with Crippen LogP contribution in [0.5, 0.6) is 0 Å². The fourth-order valence-electron chi connectivity index (χ4n) is 2.82. The van der Waals surface area contributed by atoms with E-state index in [1.165, 1.54) is 5.56 Å². The third kappa shape index (κ3) is 2.49. The zero-order chi connectivity index (χ0) is 16.8. The smallest absolute Gasteiger partial charge is 0.258 e. The lowest BCUT2D eigenvalue weighted by Gasteiger charge is -1.95. The van der Waals surface area contributed by atoms with E-state index in [1.54, 1.807) is 11.3 Å². The molecule has 0 N–H and O–H groups in total. The van der Waals surface area contributed by atoms with Crippen molar-refractivity contribution in [2.45, 2.75) is 6.92 Å². The Morgan fingerprint density at radius 2 is 1.64 bits per heavy atom. The molecule has 120 valence electrons. The molecule has 0 atom stereocenters. The van der Waals surface area contributed by atoms with Gasteiger partial charge in [-0.1, -0.05) is 35.9 Å². The Kier molecular flexibility index (Phi) is 3.15. The van der Waals surface area contributed by atoms with Gasteiger partial charge in [0.05, 0.1) is 10.4 Å². The van der Waals surface area contributed by atoms with Crippen molar-refractivity contribution in [3.8, 4) is 22.2 Å². The third-order valence-electron chi connectivity index (χ3n) is 4.14. The van der Waals surface area contributed by atoms with Gasteiger partial charge in [-0.15, -0.1) is 21.5 Å². The molecule has 0 saturated carbocycles. The summed E-state index contributed by atoms with van der Waals surface area (Å²) < 4.78 is 5.88. The summed E-state index contributed by atoms with van der Waals surface area (Å²) in [6.07, 6.45) is 0. The summed E-state index contributed by atoms with van der Waals surface area (Å²) in [5.74, 6) is 1.06. The van der Waals surface area contributed by atoms with Gasteiger partial charge < -0.3 is 4.42 Å². The maximum atomic E-state index is 5.88. The van der Waals surface area contributed by atoms with Gasteiger partial charge in [-0.2, -0.15) is 0 Å². The summed E-state index contributed by atoms with van der Waals surface area (Å²) in [5, 5.41) is 10.6. The van der Waals surface area contributed by atoms with Crippen molar-refractivity contribution in [1.29, 1.82) is 0 Å². The first-order valence-corrected chi connectivity index (χ1v) is 8.78. The largest absolute Gasteiger partial charge is 0.415 e. The van der Waals surface area contributed by atoms with Crippen LogP contribution >= 0.6 is 11.3 Å². The molecule has 0 amide bonds. The van der Waals surface area contributed by atoms with Crippen LogP contribution in [0.2, 0.25) is 0 Å². The first-order chi connectivity index (χ1) is 12.3. The number of benzene rings is 2. The molecule has 3 aromatic heterocycles. The molecule has 0 bridgehead atoms. The molecule has 5 heteroatoms. The second-order valence-electron chi connectivity index (χ2n) is 5.96. The second kappa shape index (κ2) is 5.50. The van der Waals surface area contributed by atoms with Crippen LogP contribution in [0.15, 0.2) is 65.1 Å². The van der Waals surface area contributed by atoms with E-state index in [9.17, 15) is 0 Å². The number of fused-ring (bicyclic) bond motifs is 2. The van der Waals surface area contributed by atoms with Crippen LogP contribution in [-0.2, 0) is 0 Å². The van der Waals surface area contributed by atoms with Gasteiger partial charge in [0, 0.05) is 16.3 Å². The number of rotatable bonds is 2. The Morgan fingerprint density at radius 1 is 0.840 bits per heavy atom. The van der Waals surface area contributed by atoms with Crippen LogP contribution in [0.1, 0.15) is 5.56 Å². The molecule has 0 radical (unpaired) electrons. The number of para-hydroxylation sites is 1. The van der Waals surface area contributed by atoms with E-state index in [4.69, 9.17) is 9.40 Å². The Hall–Kier alpha value is -3.05. The highest BCUT2D eigenvalue weighted by molar-refractivity contribution is 7.21. The highest BCUT2D eigenvalue weighted by Gasteiger charge is 2.14. The van der Waals surface area contributed by atoms with Crippen molar-refractivity contribution in [2.24, 2.45) is 0 Å². The van der Waals surface area contributed by atoms with Gasteiger partial charge >= 0.3 is 0 Å². The van der Waals surface area contributed by atoms with Crippen LogP contribution in [0, 0.1) is 6.92 Å². The zero-order valence-electron chi connectivity index (χ0n) is 13.4. The van der Waals surface area contributed by atoms with Crippen molar-refractivity contribution in [3.63, 3.8) is 0 Å². The summed E-state index contributed by atoms with van der Waals surface area (Å²) in [6.45, 7) is 2.05. The molecular formula is C20H13N3OS. The van der Waals surface area contributed by atoms with E-state index in [-0.39, 0.29) is 0 Å². The molecule has 25 heavy (non-hydrogen) atoms. The molecule has 0 unspecified atom stereocenters. The molecule has 0 spiro atoms. The van der Waals surface area contributed by atoms with E-state index in [2.05, 4.69) is 35.3 Å². The summed E-state index contributed by atoms with van der Waals surface area (Å²) in [5.41, 5.74) is 3.12. The van der Waals surface area contributed by atoms with Crippen molar-refractivity contribution < 1.29 is 4.42 Å². The van der Waals surface area contributed by atoms with Crippen LogP contribution in [0.3, 0.4) is 0 Å². The number of aryl methyl sites for hydroxylation is 1. The number of aromatic nitrogens is 3. The fraction of sp³-hybridized carbons (Fsp3) is 0.0500. The number of hydrogen-bond acceptors (Lipinski definition) is 5. The average molecular weight is 343 g/mol. The quantitative estimate of drug-likeness (QED) is 0.426. The van der Waals surface area contributed by atoms with Crippen molar-refractivity contribution in [3.05, 3.63) is 66.2 Å². The lowest BCUT2D eigenvalue weighted by atomic mass is 10.1. The van der Waals surface area contributed by atoms with Gasteiger partial charge in [0.25, 0.3) is 5.89 Å². The SMILES string of the molecule is Cc1ccc(-c2nnc(-c3cc4cc5ccccc5nc4s3)o2)cc1. The Morgan fingerprint density at radius 3 is 2.52 bits per heavy atom. The highest BCUT2D eigenvalue weighted by atomic mass is 32.1. The van der Waals surface area contributed by atoms with Crippen LogP contribution < -0.4 is 0 Å². The zero-order valence-corrected chi connectivity index (χ0v) is 14.2. The molecular weight excluding hydrogens is 330 g/mol. The van der Waals surface area contributed by atoms with Crippen molar-refractivity contribution in [1.82, 2.24) is 15.2 Å². The Bertz CT molecular complexity index is 1150. The predicted molar refractivity (Wildman–Crippen MR) is 101 cm³/mol. The molecule has 5 rings (SSSR count). The molecule has 0 aliphatic rings. The first kappa shape index (κ1) is 14.3. The number of thiophene rings is 1. The molecule has 0 fully saturated rings. The highest BCUT2D eigenvalue weighted by Crippen LogP contribution is 2.34. The summed E-state index contributed by atoms with van der Waals surface area (Å²) in [7, 11) is 0. The topological polar surface area (TPSA) is 51.8 Å². The molecule has 2 aromatic carbocycles. The van der Waals surface area contributed by atoms with E-state index >= 15 is 0 Å². The summed E-state index contributed by atoms with van der Waals surface area (Å²) in [6, 6.07) is 20.4. The number of hydrogen-bond donors (Lipinski definition) is 0. The van der Waals surface area contributed by atoms with E-state index < -0.39 is 0 Å². The van der Waals surface area contributed by atoms with Crippen molar-refractivity contribution >= 4 is 32.5 Å². The normalized spacial score (nSPS) is 11.4. The van der Waals surface area contributed by atoms with Crippen LogP contribution in [0.4, 0.5) is 0 Å². The standard InChI is InChI=1S/C20H13N3OS/c1-12-6-8-13(9-7-12)18-22-23-19(24-18)17-11-15-10-14-4-2-3-5-16(14)21-20(15)25-17/h2-11H,1H3. The fourth-order valence-corrected chi connectivity index (χ4v) is 3.76. The molecule has 0 saturated heterocycles. The van der Waals surface area contributed by atoms with Gasteiger partial charge in [-0.3, -0.25) is 0 Å². The van der Waals surface area contributed by atoms with E-state index in [0.717, 1.165) is 31.6 Å². The Balaban J connectivity index is 1.59. The van der Waals surface area contributed by atoms with E-state index in [1.807, 2.05) is 42.5 Å². The van der Waals surface area contributed by atoms with Crippen LogP contribution in [0.25, 0.3) is 43.3 Å². The number of pyridine rings is 1. The average Bonchev–Trinajstić information content (AvgIpc) is 3.27. The van der Waals surface area contributed by atoms with Gasteiger partial charge in [0.1, 0.15) is 4.83 Å². The van der Waals surface area contributed by atoms with Crippen LogP contribution in [-0.4, -0.2) is 15.2 Å². The first-order valence-electron chi connectivity index (χ1n) is 7.96. The monoisotopic (exact) mass is 343 g/mol. The maximum Gasteiger partial charge on any atom is 0.258 e. The van der Waals surface area contributed by atoms with Gasteiger partial charge in [0.15, 0.2) is 0 Å². The summed E-state index contributed by atoms with van der Waals surface area (Å²) >= 11 is 1.57.